The molecule has 118 valence electrons. The van der Waals surface area contributed by atoms with Crippen LogP contribution in [0.3, 0.4) is 0 Å². The van der Waals surface area contributed by atoms with Gasteiger partial charge < -0.3 is 10.1 Å². The second kappa shape index (κ2) is 8.35. The van der Waals surface area contributed by atoms with Gasteiger partial charge in [-0.3, -0.25) is 4.90 Å². The fraction of sp³-hybridized carbons (Fsp3) is 1.00. The molecule has 2 heterocycles. The Bertz CT molecular complexity index is 264. The Morgan fingerprint density at radius 3 is 2.60 bits per heavy atom. The summed E-state index contributed by atoms with van der Waals surface area (Å²) in [7, 11) is 0. The maximum atomic E-state index is 6.00. The van der Waals surface area contributed by atoms with Crippen LogP contribution < -0.4 is 5.32 Å². The number of nitrogens with zero attached hydrogens (tertiary/aromatic N) is 1. The summed E-state index contributed by atoms with van der Waals surface area (Å²) in [6.07, 6.45) is 5.86. The molecule has 0 aromatic carbocycles. The minimum absolute atomic E-state index is 0.471. The van der Waals surface area contributed by atoms with Gasteiger partial charge in [0.2, 0.25) is 0 Å². The summed E-state index contributed by atoms with van der Waals surface area (Å²) in [5, 5.41) is 3.46. The van der Waals surface area contributed by atoms with Crippen LogP contribution in [0.1, 0.15) is 46.5 Å². The summed E-state index contributed by atoms with van der Waals surface area (Å²) < 4.78 is 6.00. The molecule has 2 aliphatic rings. The van der Waals surface area contributed by atoms with Crippen LogP contribution in [-0.4, -0.2) is 50.3 Å². The first-order valence-corrected chi connectivity index (χ1v) is 8.68. The van der Waals surface area contributed by atoms with Gasteiger partial charge in [0.15, 0.2) is 0 Å². The first-order chi connectivity index (χ1) is 9.63. The highest BCUT2D eigenvalue weighted by Gasteiger charge is 2.24. The lowest BCUT2D eigenvalue weighted by atomic mass is 9.86. The molecular weight excluding hydrogens is 248 g/mol. The van der Waals surface area contributed by atoms with Crippen molar-refractivity contribution in [3.05, 3.63) is 0 Å². The average molecular weight is 282 g/mol. The Balaban J connectivity index is 1.68. The van der Waals surface area contributed by atoms with Gasteiger partial charge in [0.25, 0.3) is 0 Å². The lowest BCUT2D eigenvalue weighted by Gasteiger charge is -2.35. The number of nitrogens with one attached hydrogen (secondary N) is 1. The number of hydrogen-bond acceptors (Lipinski definition) is 3. The molecule has 2 saturated heterocycles. The van der Waals surface area contributed by atoms with Crippen molar-refractivity contribution < 1.29 is 4.74 Å². The minimum atomic E-state index is 0.471. The molecule has 0 spiro atoms. The van der Waals surface area contributed by atoms with E-state index in [0.29, 0.717) is 6.10 Å². The molecule has 2 rings (SSSR count). The molecule has 2 fully saturated rings. The SMILES string of the molecule is CC(C)CN1CCOC(CC(C)CC2CCNCC2)C1. The van der Waals surface area contributed by atoms with Crippen molar-refractivity contribution in [2.45, 2.75) is 52.6 Å². The molecule has 0 aromatic heterocycles. The van der Waals surface area contributed by atoms with Gasteiger partial charge in [-0.1, -0.05) is 20.8 Å². The Hall–Kier alpha value is -0.120. The predicted molar refractivity (Wildman–Crippen MR) is 85.0 cm³/mol. The van der Waals surface area contributed by atoms with E-state index in [1.807, 2.05) is 0 Å². The normalized spacial score (nSPS) is 27.9. The van der Waals surface area contributed by atoms with Crippen LogP contribution in [0.5, 0.6) is 0 Å². The first-order valence-electron chi connectivity index (χ1n) is 8.68. The van der Waals surface area contributed by atoms with E-state index in [4.69, 9.17) is 4.74 Å². The minimum Gasteiger partial charge on any atom is -0.376 e. The van der Waals surface area contributed by atoms with Crippen molar-refractivity contribution >= 4 is 0 Å². The highest BCUT2D eigenvalue weighted by atomic mass is 16.5. The fourth-order valence-corrected chi connectivity index (χ4v) is 3.84. The zero-order valence-electron chi connectivity index (χ0n) is 13.7. The third-order valence-corrected chi connectivity index (χ3v) is 4.71. The summed E-state index contributed by atoms with van der Waals surface area (Å²) in [5.41, 5.74) is 0. The molecule has 0 radical (unpaired) electrons. The van der Waals surface area contributed by atoms with Gasteiger partial charge in [0.1, 0.15) is 0 Å². The van der Waals surface area contributed by atoms with Gasteiger partial charge in [-0.15, -0.1) is 0 Å². The standard InChI is InChI=1S/C17H34N2O/c1-14(2)12-19-8-9-20-17(13-19)11-15(3)10-16-4-6-18-7-5-16/h14-18H,4-13H2,1-3H3. The Labute approximate surface area is 125 Å². The van der Waals surface area contributed by atoms with E-state index in [9.17, 15) is 0 Å². The fourth-order valence-electron chi connectivity index (χ4n) is 3.84. The van der Waals surface area contributed by atoms with E-state index >= 15 is 0 Å². The zero-order valence-corrected chi connectivity index (χ0v) is 13.7. The zero-order chi connectivity index (χ0) is 14.4. The third-order valence-electron chi connectivity index (χ3n) is 4.71. The molecule has 1 N–H and O–H groups in total. The van der Waals surface area contributed by atoms with E-state index in [1.165, 1.54) is 45.3 Å². The Morgan fingerprint density at radius 2 is 1.90 bits per heavy atom. The molecule has 2 atom stereocenters. The molecule has 20 heavy (non-hydrogen) atoms. The molecule has 0 saturated carbocycles. The van der Waals surface area contributed by atoms with Crippen LogP contribution in [0.25, 0.3) is 0 Å². The predicted octanol–water partition coefficient (Wildman–Crippen LogP) is 2.76. The highest BCUT2D eigenvalue weighted by Crippen LogP contribution is 2.25. The average Bonchev–Trinajstić information content (AvgIpc) is 2.39. The van der Waals surface area contributed by atoms with Crippen LogP contribution in [0.2, 0.25) is 0 Å². The van der Waals surface area contributed by atoms with Crippen LogP contribution in [0, 0.1) is 17.8 Å². The molecule has 2 aliphatic heterocycles. The molecule has 3 heteroatoms. The van der Waals surface area contributed by atoms with Crippen LogP contribution in [-0.2, 0) is 4.74 Å². The summed E-state index contributed by atoms with van der Waals surface area (Å²) in [6.45, 7) is 13.9. The van der Waals surface area contributed by atoms with Gasteiger partial charge in [-0.25, -0.2) is 0 Å². The monoisotopic (exact) mass is 282 g/mol. The number of piperidine rings is 1. The second-order valence-corrected chi connectivity index (χ2v) is 7.42. The van der Waals surface area contributed by atoms with Gasteiger partial charge >= 0.3 is 0 Å². The number of hydrogen-bond donors (Lipinski definition) is 1. The van der Waals surface area contributed by atoms with Crippen LogP contribution in [0.15, 0.2) is 0 Å². The maximum absolute atomic E-state index is 6.00. The summed E-state index contributed by atoms with van der Waals surface area (Å²) >= 11 is 0. The van der Waals surface area contributed by atoms with E-state index in [-0.39, 0.29) is 0 Å². The van der Waals surface area contributed by atoms with Gasteiger partial charge in [0.05, 0.1) is 12.7 Å². The van der Waals surface area contributed by atoms with Crippen LogP contribution >= 0.6 is 0 Å². The smallest absolute Gasteiger partial charge is 0.0705 e. The Morgan fingerprint density at radius 1 is 1.15 bits per heavy atom. The van der Waals surface area contributed by atoms with Crippen molar-refractivity contribution in [3.8, 4) is 0 Å². The van der Waals surface area contributed by atoms with Crippen molar-refractivity contribution in [2.75, 3.05) is 39.3 Å². The lowest BCUT2D eigenvalue weighted by molar-refractivity contribution is -0.0424. The molecule has 2 unspecified atom stereocenters. The van der Waals surface area contributed by atoms with E-state index in [2.05, 4.69) is 31.0 Å². The molecule has 0 amide bonds. The van der Waals surface area contributed by atoms with E-state index in [0.717, 1.165) is 37.5 Å². The molecule has 0 bridgehead atoms. The van der Waals surface area contributed by atoms with Crippen molar-refractivity contribution in [2.24, 2.45) is 17.8 Å². The number of morpholine rings is 1. The first kappa shape index (κ1) is 16.3. The van der Waals surface area contributed by atoms with E-state index in [1.54, 1.807) is 0 Å². The largest absolute Gasteiger partial charge is 0.376 e. The van der Waals surface area contributed by atoms with Gasteiger partial charge in [-0.2, -0.15) is 0 Å². The van der Waals surface area contributed by atoms with Crippen molar-refractivity contribution in [3.63, 3.8) is 0 Å². The highest BCUT2D eigenvalue weighted by molar-refractivity contribution is 4.77. The van der Waals surface area contributed by atoms with Gasteiger partial charge in [0, 0.05) is 19.6 Å². The van der Waals surface area contributed by atoms with Gasteiger partial charge in [-0.05, 0) is 56.5 Å². The topological polar surface area (TPSA) is 24.5 Å². The molecule has 0 aromatic rings. The summed E-state index contributed by atoms with van der Waals surface area (Å²) in [6, 6.07) is 0. The summed E-state index contributed by atoms with van der Waals surface area (Å²) in [4.78, 5) is 2.59. The van der Waals surface area contributed by atoms with E-state index < -0.39 is 0 Å². The number of rotatable bonds is 6. The lowest BCUT2D eigenvalue weighted by Crippen LogP contribution is -2.44. The maximum Gasteiger partial charge on any atom is 0.0705 e. The second-order valence-electron chi connectivity index (χ2n) is 7.42. The van der Waals surface area contributed by atoms with Crippen LogP contribution in [0.4, 0.5) is 0 Å². The quantitative estimate of drug-likeness (QED) is 0.811. The molecule has 3 nitrogen and oxygen atoms in total. The Kier molecular flexibility index (Phi) is 6.79. The third kappa shape index (κ3) is 5.71. The molecular formula is C17H34N2O. The van der Waals surface area contributed by atoms with Crippen molar-refractivity contribution in [1.29, 1.82) is 0 Å². The molecule has 0 aliphatic carbocycles. The van der Waals surface area contributed by atoms with Crippen molar-refractivity contribution in [1.82, 2.24) is 10.2 Å². The number of ether oxygens (including phenoxy) is 1. The summed E-state index contributed by atoms with van der Waals surface area (Å²) in [5.74, 6) is 2.52.